The van der Waals surface area contributed by atoms with Crippen LogP contribution in [0.5, 0.6) is 11.5 Å². The third-order valence-electron chi connectivity index (χ3n) is 22.9. The quantitative estimate of drug-likeness (QED) is 0.0674. The fourth-order valence-corrected chi connectivity index (χ4v) is 17.7. The maximum Gasteiger partial charge on any atom is 0.573 e. The molecule has 9 aromatic rings. The number of ether oxygens (including phenoxy) is 5. The molecule has 0 fully saturated rings. The zero-order chi connectivity index (χ0) is 102. The summed E-state index contributed by atoms with van der Waals surface area (Å²) in [5.41, 5.74) is -1.65. The SMILES string of the molecule is [C-]#[N+]C([N+]#[C-])=C1Cc2c(-c3ccc(C(F)(F)F)cc3)c3c(c(-c4ccc(C(F)(F)F)cc4)c2=C1C)CC(=C(C#N)C#N)C=3OC(F)(F)F.[C-]#[N+]C([N+]#[C-])=C1Cc2c(-c3ccc(OC(F)(F)F)cc3)c3c(c(-c4ccc(OC(F)(F)F)cc4)c2=C1C)CC(=C(C#N)C#N)C=3OC(F)(F)F.[C-]#[N+]C([N+]#[C-])=C1Cc2c(-c3cccc(F)c3)c3c(c(-c4cccc(F)c4)c2=C1C)CC(=C(C#N)C#N)C=3OC(F)(F)F. The topological polar surface area (TPSA) is 215 Å². The van der Waals surface area contributed by atoms with Crippen LogP contribution in [0.25, 0.3) is 130 Å². The van der Waals surface area contributed by atoms with Crippen molar-refractivity contribution in [3.8, 4) is 115 Å². The van der Waals surface area contributed by atoms with E-state index >= 15 is 0 Å². The van der Waals surface area contributed by atoms with Crippen LogP contribution in [0.3, 0.4) is 0 Å². The van der Waals surface area contributed by atoms with Crippen molar-refractivity contribution in [2.45, 2.75) is 103 Å². The minimum Gasteiger partial charge on any atom is -0.406 e. The average Bonchev–Trinajstić information content (AvgIpc) is 1.63. The summed E-state index contributed by atoms with van der Waals surface area (Å²) in [5, 5.41) is 58.2. The van der Waals surface area contributed by atoms with E-state index in [-0.39, 0.29) is 175 Å². The molecule has 0 amide bonds. The first-order chi connectivity index (χ1) is 65.9. The van der Waals surface area contributed by atoms with E-state index in [9.17, 15) is 133 Å². The van der Waals surface area contributed by atoms with Gasteiger partial charge in [-0.3, -0.25) is 0 Å². The first-order valence-corrected chi connectivity index (χ1v) is 39.6. The van der Waals surface area contributed by atoms with Gasteiger partial charge in [-0.05, 0) is 245 Å². The largest absolute Gasteiger partial charge is 0.573 e. The number of nitrogens with zero attached hydrogens (tertiary/aromatic N) is 12. The van der Waals surface area contributed by atoms with Gasteiger partial charge in [-0.1, -0.05) is 72.8 Å². The van der Waals surface area contributed by atoms with E-state index in [1.54, 1.807) is 37.3 Å². The van der Waals surface area contributed by atoms with Gasteiger partial charge in [0.1, 0.15) is 133 Å². The molecule has 0 saturated carbocycles. The van der Waals surface area contributed by atoms with Crippen molar-refractivity contribution in [1.29, 1.82) is 31.6 Å². The lowest BCUT2D eigenvalue weighted by Crippen LogP contribution is -2.26. The molecule has 0 spiro atoms. The number of benzene rings is 9. The lowest BCUT2D eigenvalue weighted by Gasteiger charge is -2.18. The van der Waals surface area contributed by atoms with E-state index in [2.05, 4.69) is 52.8 Å². The Morgan fingerprint density at radius 2 is 0.479 bits per heavy atom. The minimum absolute atomic E-state index is 0.0175. The maximum absolute atomic E-state index is 14.6. The molecule has 0 aromatic heterocycles. The number of nitriles is 6. The zero-order valence-corrected chi connectivity index (χ0v) is 70.7. The van der Waals surface area contributed by atoms with Gasteiger partial charge in [0.2, 0.25) is 0 Å². The Kier molecular flexibility index (Phi) is 26.7. The average molecular weight is 1930 g/mol. The highest BCUT2D eigenvalue weighted by Gasteiger charge is 2.47. The van der Waals surface area contributed by atoms with Crippen molar-refractivity contribution in [2.24, 2.45) is 0 Å². The summed E-state index contributed by atoms with van der Waals surface area (Å²) in [5.74, 6) is -6.34. The Labute approximate surface area is 774 Å². The molecule has 17 nitrogen and oxygen atoms in total. The number of halogens is 23. The van der Waals surface area contributed by atoms with Crippen LogP contribution in [-0.2, 0) is 65.1 Å². The molecule has 6 aliphatic carbocycles. The van der Waals surface area contributed by atoms with Crippen LogP contribution in [0, 0.1) is 119 Å². The summed E-state index contributed by atoms with van der Waals surface area (Å²) in [6, 6.07) is 35.5. The van der Waals surface area contributed by atoms with Gasteiger partial charge in [0.25, 0.3) is 0 Å². The zero-order valence-electron chi connectivity index (χ0n) is 70.7. The highest BCUT2D eigenvalue weighted by atomic mass is 19.4. The highest BCUT2D eigenvalue weighted by Crippen LogP contribution is 2.48. The predicted molar refractivity (Wildman–Crippen MR) is 450 cm³/mol. The fourth-order valence-electron chi connectivity index (χ4n) is 17.7. The van der Waals surface area contributed by atoms with E-state index in [1.165, 1.54) is 68.5 Å². The van der Waals surface area contributed by atoms with E-state index < -0.39 is 142 Å². The normalized spacial score (nSPS) is 13.8. The monoisotopic (exact) mass is 1930 g/mol. The Balaban J connectivity index is 0.000000177. The molecule has 0 bridgehead atoms. The maximum atomic E-state index is 14.6. The molecule has 0 heterocycles. The van der Waals surface area contributed by atoms with Crippen LogP contribution >= 0.6 is 0 Å². The minimum atomic E-state index is -5.39. The van der Waals surface area contributed by atoms with Crippen LogP contribution in [0.2, 0.25) is 0 Å². The number of alkyl halides is 21. The van der Waals surface area contributed by atoms with Gasteiger partial charge in [0, 0.05) is 51.6 Å². The Hall–Kier alpha value is -18.1. The smallest absolute Gasteiger partial charge is 0.406 e. The van der Waals surface area contributed by atoms with Gasteiger partial charge in [-0.15, -0.1) is 65.9 Å². The molecule has 0 radical (unpaired) electrons. The second-order valence-electron chi connectivity index (χ2n) is 30.6. The van der Waals surface area contributed by atoms with Gasteiger partial charge in [-0.2, -0.15) is 87.0 Å². The van der Waals surface area contributed by atoms with Crippen LogP contribution in [0.15, 0.2) is 213 Å². The number of fused-ring (bicyclic) bond motifs is 6. The molecule has 140 heavy (non-hydrogen) atoms. The molecular formula is C100H45F23N12O5. The summed E-state index contributed by atoms with van der Waals surface area (Å²) in [7, 11) is 0. The Morgan fingerprint density at radius 1 is 0.271 bits per heavy atom. The van der Waals surface area contributed by atoms with Crippen molar-refractivity contribution in [3.05, 3.63) is 369 Å². The van der Waals surface area contributed by atoms with Crippen molar-refractivity contribution >= 4 is 34.0 Å². The second kappa shape index (κ2) is 37.6. The molecule has 0 saturated heterocycles. The highest BCUT2D eigenvalue weighted by molar-refractivity contribution is 5.96. The van der Waals surface area contributed by atoms with Gasteiger partial charge in [-0.25, -0.2) is 8.78 Å². The number of allylic oxidation sites excluding steroid dienone is 6. The van der Waals surface area contributed by atoms with E-state index in [0.29, 0.717) is 45.2 Å². The van der Waals surface area contributed by atoms with E-state index in [0.717, 1.165) is 84.9 Å². The lowest BCUT2D eigenvalue weighted by atomic mass is 9.86. The van der Waals surface area contributed by atoms with Gasteiger partial charge < -0.3 is 23.7 Å². The number of hydrogen-bond acceptors (Lipinski definition) is 11. The number of hydrogen-bond donors (Lipinski definition) is 0. The van der Waals surface area contributed by atoms with Gasteiger partial charge in [0.05, 0.1) is 27.8 Å². The van der Waals surface area contributed by atoms with E-state index in [4.69, 9.17) is 39.4 Å². The molecule has 6 aliphatic rings. The van der Waals surface area contributed by atoms with Gasteiger partial charge >= 0.3 is 61.6 Å². The molecule has 15 rings (SSSR count). The number of rotatable bonds is 11. The molecular weight excluding hydrogens is 1890 g/mol. The first-order valence-electron chi connectivity index (χ1n) is 39.6. The molecule has 0 N–H and O–H groups in total. The molecule has 9 aromatic carbocycles. The fraction of sp³-hybridized carbons (Fsp3) is 0.160. The molecule has 0 unspecified atom stereocenters. The van der Waals surface area contributed by atoms with Gasteiger partial charge in [0.15, 0.2) is 0 Å². The summed E-state index contributed by atoms with van der Waals surface area (Å²) in [4.78, 5) is 19.7. The Bertz CT molecular complexity index is 8030. The first kappa shape index (κ1) is 99.4. The van der Waals surface area contributed by atoms with Crippen molar-refractivity contribution in [3.63, 3.8) is 0 Å². The summed E-state index contributed by atoms with van der Waals surface area (Å²) < 4.78 is 335. The molecule has 40 heteroatoms. The lowest BCUT2D eigenvalue weighted by molar-refractivity contribution is -0.291. The van der Waals surface area contributed by atoms with Crippen LogP contribution < -0.4 is 40.8 Å². The second-order valence-corrected chi connectivity index (χ2v) is 30.6. The third kappa shape index (κ3) is 19.5. The summed E-state index contributed by atoms with van der Waals surface area (Å²) in [6.07, 6.45) is -37.6. The summed E-state index contributed by atoms with van der Waals surface area (Å²) in [6.45, 7) is 49.8. The standard InChI is InChI=1S/C34H15F9N4O3.C34H15F9N4O.C32H15F5N4O/c1-16-22(31(46-2)47-3)12-24-26(16)27(17-4-8-20(9-5-17)48-32(35,36)37)25-13-23(19(14-44)15-45)30(50-34(41,42)43)29(25)28(24)18-6-10-21(11-7-18)49-33(38,39)40;1-16-22(31(46-2)47-3)12-24-26(16)27(17-4-8-20(9-5-17)32(35,36)37)25-13-23(19(14-44)15-45)30(48-34(41,42)43)29(25)28(24)18-6-10-21(11-7-18)33(38,39)40;1-16-22(31(40-2)41-3)12-24-26(16)27(17-6-4-8-20(33)10-17)25-13-23(19(14-38)15-39)30(42-32(35,36)37)29(25)28(24)18-7-5-9-21(34)11-18/h4-11H,12-13H2,1H3;4-11H,12-13H2,1H3;4-11H,12-13H2,1H3. The molecule has 0 atom stereocenters. The van der Waals surface area contributed by atoms with E-state index in [1.807, 2.05) is 0 Å². The van der Waals surface area contributed by atoms with Crippen molar-refractivity contribution in [2.75, 3.05) is 0 Å². The predicted octanol–water partition coefficient (Wildman–Crippen LogP) is 23.1. The molecule has 0 aliphatic heterocycles. The van der Waals surface area contributed by atoms with Crippen LogP contribution in [0.4, 0.5) is 101 Å². The Morgan fingerprint density at radius 3 is 0.693 bits per heavy atom. The van der Waals surface area contributed by atoms with Crippen LogP contribution in [0.1, 0.15) is 65.3 Å². The van der Waals surface area contributed by atoms with Crippen molar-refractivity contribution < 1.29 is 125 Å². The molecule has 696 valence electrons. The van der Waals surface area contributed by atoms with Crippen LogP contribution in [-0.4, -0.2) is 31.8 Å². The summed E-state index contributed by atoms with van der Waals surface area (Å²) >= 11 is 0. The third-order valence-corrected chi connectivity index (χ3v) is 22.9. The van der Waals surface area contributed by atoms with Crippen molar-refractivity contribution in [1.82, 2.24) is 0 Å².